The number of nitrogens with one attached hydrogen (secondary N) is 1. The van der Waals surface area contributed by atoms with Crippen LogP contribution in [0.15, 0.2) is 36.5 Å². The smallest absolute Gasteiger partial charge is 0.271 e. The molecule has 0 radical (unpaired) electrons. The van der Waals surface area contributed by atoms with Gasteiger partial charge in [-0.3, -0.25) is 15.1 Å². The highest BCUT2D eigenvalue weighted by Gasteiger charge is 2.24. The molecule has 3 rings (SSSR count). The third-order valence-corrected chi connectivity index (χ3v) is 3.45. The van der Waals surface area contributed by atoms with Crippen LogP contribution < -0.4 is 5.32 Å². The van der Waals surface area contributed by atoms with Gasteiger partial charge in [0, 0.05) is 18.3 Å². The van der Waals surface area contributed by atoms with Crippen molar-refractivity contribution in [1.29, 1.82) is 0 Å². The van der Waals surface area contributed by atoms with Gasteiger partial charge in [0.1, 0.15) is 5.82 Å². The number of non-ortho nitro benzene ring substituents is 1. The van der Waals surface area contributed by atoms with Crippen molar-refractivity contribution in [3.05, 3.63) is 63.7 Å². The maximum Gasteiger partial charge on any atom is 0.271 e. The van der Waals surface area contributed by atoms with Crippen LogP contribution in [0, 0.1) is 15.9 Å². The van der Waals surface area contributed by atoms with E-state index >= 15 is 0 Å². The number of hydrogen-bond donors (Lipinski definition) is 1. The highest BCUT2D eigenvalue weighted by atomic mass is 19.1. The van der Waals surface area contributed by atoms with Gasteiger partial charge in [-0.2, -0.15) is 0 Å². The van der Waals surface area contributed by atoms with Gasteiger partial charge < -0.3 is 5.32 Å². The van der Waals surface area contributed by atoms with Gasteiger partial charge in [0.2, 0.25) is 0 Å². The number of anilines is 1. The summed E-state index contributed by atoms with van der Waals surface area (Å²) in [6.45, 7) is 0. The van der Waals surface area contributed by atoms with Crippen LogP contribution in [-0.4, -0.2) is 9.91 Å². The average Bonchev–Trinajstić information content (AvgIpc) is 2.84. The van der Waals surface area contributed by atoms with Crippen molar-refractivity contribution in [3.63, 3.8) is 0 Å². The second-order valence-electron chi connectivity index (χ2n) is 4.70. The van der Waals surface area contributed by atoms with Crippen molar-refractivity contribution in [2.75, 3.05) is 5.32 Å². The lowest BCUT2D eigenvalue weighted by Crippen LogP contribution is -2.10. The molecule has 0 amide bonds. The van der Waals surface area contributed by atoms with E-state index < -0.39 is 10.7 Å². The first-order valence-electron chi connectivity index (χ1n) is 6.29. The molecule has 5 nitrogen and oxygen atoms in total. The number of nitrogens with zero attached hydrogens (tertiary/aromatic N) is 2. The fourth-order valence-electron chi connectivity index (χ4n) is 2.48. The van der Waals surface area contributed by atoms with E-state index in [2.05, 4.69) is 10.3 Å². The van der Waals surface area contributed by atoms with Crippen molar-refractivity contribution in [3.8, 4) is 0 Å². The molecule has 1 aromatic heterocycles. The standard InChI is InChI=1S/C14H12FN3O2/c15-11-5-4-10(18(19)20)8-13(11)17-12-6-3-9-2-1-7-16-14(9)12/h1-2,4-5,7-8,12,17H,3,6H2. The molecular weight excluding hydrogens is 261 g/mol. The Bertz CT molecular complexity index is 675. The summed E-state index contributed by atoms with van der Waals surface area (Å²) < 4.78 is 13.8. The molecule has 1 N–H and O–H groups in total. The summed E-state index contributed by atoms with van der Waals surface area (Å²) in [5, 5.41) is 13.8. The summed E-state index contributed by atoms with van der Waals surface area (Å²) in [4.78, 5) is 14.5. The largest absolute Gasteiger partial charge is 0.374 e. The second kappa shape index (κ2) is 4.88. The summed E-state index contributed by atoms with van der Waals surface area (Å²) in [6, 6.07) is 7.23. The Morgan fingerprint density at radius 3 is 3.05 bits per heavy atom. The van der Waals surface area contributed by atoms with Crippen LogP contribution >= 0.6 is 0 Å². The van der Waals surface area contributed by atoms with E-state index in [0.29, 0.717) is 0 Å². The van der Waals surface area contributed by atoms with Crippen molar-refractivity contribution in [1.82, 2.24) is 4.98 Å². The van der Waals surface area contributed by atoms with Gasteiger partial charge in [0.25, 0.3) is 5.69 Å². The van der Waals surface area contributed by atoms with E-state index in [9.17, 15) is 14.5 Å². The highest BCUT2D eigenvalue weighted by molar-refractivity contribution is 5.54. The number of nitro groups is 1. The predicted molar refractivity (Wildman–Crippen MR) is 72.0 cm³/mol. The Hall–Kier alpha value is -2.50. The molecule has 1 unspecified atom stereocenters. The number of benzene rings is 1. The molecule has 0 saturated heterocycles. The van der Waals surface area contributed by atoms with E-state index in [1.807, 2.05) is 12.1 Å². The molecule has 1 heterocycles. The fraction of sp³-hybridized carbons (Fsp3) is 0.214. The van der Waals surface area contributed by atoms with Gasteiger partial charge in [-0.05, 0) is 30.5 Å². The molecule has 1 aromatic carbocycles. The highest BCUT2D eigenvalue weighted by Crippen LogP contribution is 2.33. The Morgan fingerprint density at radius 2 is 2.25 bits per heavy atom. The summed E-state index contributed by atoms with van der Waals surface area (Å²) in [7, 11) is 0. The first-order chi connectivity index (χ1) is 9.65. The maximum absolute atomic E-state index is 13.8. The van der Waals surface area contributed by atoms with Crippen LogP contribution in [0.1, 0.15) is 23.7 Å². The molecule has 102 valence electrons. The van der Waals surface area contributed by atoms with Gasteiger partial charge in [-0.1, -0.05) is 6.07 Å². The molecule has 0 fully saturated rings. The van der Waals surface area contributed by atoms with Crippen LogP contribution in [-0.2, 0) is 6.42 Å². The van der Waals surface area contributed by atoms with Crippen LogP contribution in [0.3, 0.4) is 0 Å². The monoisotopic (exact) mass is 273 g/mol. The lowest BCUT2D eigenvalue weighted by atomic mass is 10.2. The molecule has 0 spiro atoms. The quantitative estimate of drug-likeness (QED) is 0.688. The molecule has 6 heteroatoms. The van der Waals surface area contributed by atoms with Crippen molar-refractivity contribution < 1.29 is 9.31 Å². The Kier molecular flexibility index (Phi) is 3.06. The number of hydrogen-bond acceptors (Lipinski definition) is 4. The van der Waals surface area contributed by atoms with Crippen LogP contribution in [0.25, 0.3) is 0 Å². The van der Waals surface area contributed by atoms with Gasteiger partial charge >= 0.3 is 0 Å². The molecule has 1 aliphatic carbocycles. The molecule has 1 atom stereocenters. The first-order valence-corrected chi connectivity index (χ1v) is 6.29. The fourth-order valence-corrected chi connectivity index (χ4v) is 2.48. The van der Waals surface area contributed by atoms with E-state index in [0.717, 1.165) is 36.2 Å². The maximum atomic E-state index is 13.8. The van der Waals surface area contributed by atoms with Crippen molar-refractivity contribution >= 4 is 11.4 Å². The summed E-state index contributed by atoms with van der Waals surface area (Å²) >= 11 is 0. The first kappa shape index (κ1) is 12.5. The van der Waals surface area contributed by atoms with Gasteiger partial charge in [0.15, 0.2) is 0 Å². The molecule has 0 bridgehead atoms. The number of aromatic nitrogens is 1. The third kappa shape index (κ3) is 2.20. The topological polar surface area (TPSA) is 68.1 Å². The van der Waals surface area contributed by atoms with Crippen molar-refractivity contribution in [2.45, 2.75) is 18.9 Å². The molecular formula is C14H12FN3O2. The third-order valence-electron chi connectivity index (χ3n) is 3.45. The van der Waals surface area contributed by atoms with E-state index in [-0.39, 0.29) is 17.4 Å². The number of aryl methyl sites for hydroxylation is 1. The zero-order valence-corrected chi connectivity index (χ0v) is 10.5. The molecule has 1 aliphatic rings. The predicted octanol–water partition coefficient (Wildman–Crippen LogP) is 3.23. The SMILES string of the molecule is O=[N+]([O-])c1ccc(F)c(NC2CCc3cccnc32)c1. The van der Waals surface area contributed by atoms with E-state index in [1.165, 1.54) is 6.07 Å². The summed E-state index contributed by atoms with van der Waals surface area (Å²) in [6.07, 6.45) is 3.37. The lowest BCUT2D eigenvalue weighted by Gasteiger charge is -2.15. The van der Waals surface area contributed by atoms with Gasteiger partial charge in [0.05, 0.1) is 22.3 Å². The minimum absolute atomic E-state index is 0.109. The Labute approximate surface area is 114 Å². The average molecular weight is 273 g/mol. The van der Waals surface area contributed by atoms with Gasteiger partial charge in [-0.15, -0.1) is 0 Å². The number of nitro benzene ring substituents is 1. The molecule has 0 saturated carbocycles. The Balaban J connectivity index is 1.89. The zero-order chi connectivity index (χ0) is 14.1. The summed E-state index contributed by atoms with van der Waals surface area (Å²) in [5.74, 6) is -0.500. The lowest BCUT2D eigenvalue weighted by molar-refractivity contribution is -0.384. The minimum Gasteiger partial charge on any atom is -0.374 e. The minimum atomic E-state index is -0.536. The summed E-state index contributed by atoms with van der Waals surface area (Å²) in [5.41, 5.74) is 2.03. The van der Waals surface area contributed by atoms with Crippen molar-refractivity contribution in [2.24, 2.45) is 0 Å². The van der Waals surface area contributed by atoms with Crippen LogP contribution in [0.4, 0.5) is 15.8 Å². The van der Waals surface area contributed by atoms with Crippen LogP contribution in [0.5, 0.6) is 0 Å². The Morgan fingerprint density at radius 1 is 1.40 bits per heavy atom. The van der Waals surface area contributed by atoms with E-state index in [1.54, 1.807) is 6.20 Å². The normalized spacial score (nSPS) is 16.8. The van der Waals surface area contributed by atoms with Crippen LogP contribution in [0.2, 0.25) is 0 Å². The number of pyridine rings is 1. The number of halogens is 1. The number of rotatable bonds is 3. The molecule has 0 aliphatic heterocycles. The molecule has 2 aromatic rings. The second-order valence-corrected chi connectivity index (χ2v) is 4.70. The van der Waals surface area contributed by atoms with Gasteiger partial charge in [-0.25, -0.2) is 4.39 Å². The number of fused-ring (bicyclic) bond motifs is 1. The molecule has 20 heavy (non-hydrogen) atoms. The zero-order valence-electron chi connectivity index (χ0n) is 10.5. The van der Waals surface area contributed by atoms with E-state index in [4.69, 9.17) is 0 Å².